The first kappa shape index (κ1) is 19.3. The molecule has 2 aromatic rings. The van der Waals surface area contributed by atoms with E-state index in [2.05, 4.69) is 5.32 Å². The van der Waals surface area contributed by atoms with E-state index in [9.17, 15) is 4.79 Å². The fourth-order valence-electron chi connectivity index (χ4n) is 2.57. The number of quaternary nitrogens is 1. The highest BCUT2D eigenvalue weighted by Crippen LogP contribution is 2.21. The van der Waals surface area contributed by atoms with E-state index in [1.807, 2.05) is 45.3 Å². The zero-order valence-corrected chi connectivity index (χ0v) is 15.7. The SMILES string of the molecule is Cc1cc(Cl)ccc1OCCCC(=O)NC[C@H](c1ccco1)[NH+](C)C. The van der Waals surface area contributed by atoms with Crippen LogP contribution in [0.3, 0.4) is 0 Å². The highest BCUT2D eigenvalue weighted by Gasteiger charge is 2.21. The van der Waals surface area contributed by atoms with E-state index in [4.69, 9.17) is 20.8 Å². The van der Waals surface area contributed by atoms with Gasteiger partial charge in [0.25, 0.3) is 0 Å². The van der Waals surface area contributed by atoms with E-state index in [-0.39, 0.29) is 11.9 Å². The first-order chi connectivity index (χ1) is 12.0. The quantitative estimate of drug-likeness (QED) is 0.671. The third-order valence-corrected chi connectivity index (χ3v) is 4.26. The molecular formula is C19H26ClN2O3+. The second-order valence-corrected chi connectivity index (χ2v) is 6.75. The number of hydrogen-bond donors (Lipinski definition) is 2. The summed E-state index contributed by atoms with van der Waals surface area (Å²) >= 11 is 5.92. The summed E-state index contributed by atoms with van der Waals surface area (Å²) in [6.07, 6.45) is 2.75. The summed E-state index contributed by atoms with van der Waals surface area (Å²) in [7, 11) is 4.09. The van der Waals surface area contributed by atoms with Gasteiger partial charge in [-0.1, -0.05) is 11.6 Å². The normalized spacial score (nSPS) is 12.2. The van der Waals surface area contributed by atoms with Gasteiger partial charge in [-0.15, -0.1) is 0 Å². The van der Waals surface area contributed by atoms with Gasteiger partial charge >= 0.3 is 0 Å². The largest absolute Gasteiger partial charge is 0.493 e. The van der Waals surface area contributed by atoms with Crippen LogP contribution in [0.5, 0.6) is 5.75 Å². The summed E-state index contributed by atoms with van der Waals surface area (Å²) in [6.45, 7) is 2.99. The molecule has 0 spiro atoms. The molecule has 1 aromatic carbocycles. The third-order valence-electron chi connectivity index (χ3n) is 4.03. The van der Waals surface area contributed by atoms with Crippen LogP contribution in [-0.2, 0) is 4.79 Å². The van der Waals surface area contributed by atoms with Gasteiger partial charge in [0.1, 0.15) is 5.75 Å². The lowest BCUT2D eigenvalue weighted by Crippen LogP contribution is -3.07. The maximum atomic E-state index is 12.0. The molecule has 0 bridgehead atoms. The van der Waals surface area contributed by atoms with Crippen molar-refractivity contribution in [1.29, 1.82) is 0 Å². The minimum absolute atomic E-state index is 0.0224. The zero-order chi connectivity index (χ0) is 18.2. The van der Waals surface area contributed by atoms with Crippen molar-refractivity contribution in [1.82, 2.24) is 5.32 Å². The number of benzene rings is 1. The van der Waals surface area contributed by atoms with Gasteiger partial charge in [-0.2, -0.15) is 0 Å². The predicted octanol–water partition coefficient (Wildman–Crippen LogP) is 2.40. The van der Waals surface area contributed by atoms with E-state index in [0.29, 0.717) is 31.0 Å². The predicted molar refractivity (Wildman–Crippen MR) is 98.2 cm³/mol. The number of nitrogens with one attached hydrogen (secondary N) is 2. The number of halogens is 1. The average molecular weight is 366 g/mol. The number of ether oxygens (including phenoxy) is 1. The molecule has 0 saturated carbocycles. The Hall–Kier alpha value is -1.98. The number of likely N-dealkylation sites (N-methyl/N-ethyl adjacent to an activating group) is 1. The number of hydrogen-bond acceptors (Lipinski definition) is 3. The van der Waals surface area contributed by atoms with Crippen LogP contribution in [0.1, 0.15) is 30.2 Å². The van der Waals surface area contributed by atoms with Gasteiger partial charge in [0.2, 0.25) is 5.91 Å². The molecule has 136 valence electrons. The summed E-state index contributed by atoms with van der Waals surface area (Å²) in [5.41, 5.74) is 0.993. The Morgan fingerprint density at radius 1 is 1.36 bits per heavy atom. The molecule has 1 heterocycles. The van der Waals surface area contributed by atoms with Crippen LogP contribution in [0.15, 0.2) is 41.0 Å². The van der Waals surface area contributed by atoms with Crippen molar-refractivity contribution in [2.24, 2.45) is 0 Å². The molecule has 0 fully saturated rings. The molecule has 0 saturated heterocycles. The summed E-state index contributed by atoms with van der Waals surface area (Å²) < 4.78 is 11.2. The molecule has 6 heteroatoms. The summed E-state index contributed by atoms with van der Waals surface area (Å²) in [5, 5.41) is 3.67. The number of carbonyl (C=O) groups is 1. The van der Waals surface area contributed by atoms with Crippen LogP contribution >= 0.6 is 11.6 Å². The smallest absolute Gasteiger partial charge is 0.220 e. The van der Waals surface area contributed by atoms with Crippen molar-refractivity contribution in [2.45, 2.75) is 25.8 Å². The first-order valence-electron chi connectivity index (χ1n) is 8.46. The molecule has 0 aliphatic heterocycles. The topological polar surface area (TPSA) is 55.9 Å². The van der Waals surface area contributed by atoms with Crippen LogP contribution in [0, 0.1) is 6.92 Å². The van der Waals surface area contributed by atoms with E-state index >= 15 is 0 Å². The molecule has 25 heavy (non-hydrogen) atoms. The molecule has 0 radical (unpaired) electrons. The highest BCUT2D eigenvalue weighted by molar-refractivity contribution is 6.30. The first-order valence-corrected chi connectivity index (χ1v) is 8.84. The Morgan fingerprint density at radius 3 is 2.80 bits per heavy atom. The van der Waals surface area contributed by atoms with Crippen LogP contribution in [0.2, 0.25) is 5.02 Å². The second kappa shape index (κ2) is 9.49. The Morgan fingerprint density at radius 2 is 2.16 bits per heavy atom. The van der Waals surface area contributed by atoms with Gasteiger partial charge < -0.3 is 19.4 Å². The van der Waals surface area contributed by atoms with Gasteiger partial charge in [0.05, 0.1) is 33.5 Å². The van der Waals surface area contributed by atoms with Crippen molar-refractivity contribution in [2.75, 3.05) is 27.2 Å². The fourth-order valence-corrected chi connectivity index (χ4v) is 2.80. The Bertz CT molecular complexity index is 671. The van der Waals surface area contributed by atoms with Crippen molar-refractivity contribution in [3.63, 3.8) is 0 Å². The molecule has 0 aliphatic carbocycles. The van der Waals surface area contributed by atoms with Crippen molar-refractivity contribution in [3.8, 4) is 5.75 Å². The van der Waals surface area contributed by atoms with Crippen molar-refractivity contribution < 1.29 is 18.8 Å². The van der Waals surface area contributed by atoms with Gasteiger partial charge in [-0.05, 0) is 49.2 Å². The third kappa shape index (κ3) is 6.11. The Balaban J connectivity index is 1.70. The monoisotopic (exact) mass is 365 g/mol. The van der Waals surface area contributed by atoms with E-state index in [1.165, 1.54) is 4.90 Å². The number of aryl methyl sites for hydroxylation is 1. The minimum atomic E-state index is 0.0224. The number of carbonyl (C=O) groups excluding carboxylic acids is 1. The lowest BCUT2D eigenvalue weighted by Gasteiger charge is -2.19. The maximum Gasteiger partial charge on any atom is 0.220 e. The van der Waals surface area contributed by atoms with E-state index < -0.39 is 0 Å². The molecule has 0 unspecified atom stereocenters. The highest BCUT2D eigenvalue weighted by atomic mass is 35.5. The molecule has 2 N–H and O–H groups in total. The van der Waals surface area contributed by atoms with E-state index in [1.54, 1.807) is 12.3 Å². The lowest BCUT2D eigenvalue weighted by molar-refractivity contribution is -0.891. The molecule has 1 aromatic heterocycles. The summed E-state index contributed by atoms with van der Waals surface area (Å²) in [5.74, 6) is 1.70. The number of rotatable bonds is 9. The molecular weight excluding hydrogens is 340 g/mol. The maximum absolute atomic E-state index is 12.0. The minimum Gasteiger partial charge on any atom is -0.493 e. The number of furan rings is 1. The summed E-state index contributed by atoms with van der Waals surface area (Å²) in [6, 6.07) is 9.42. The molecule has 1 amide bonds. The van der Waals surface area contributed by atoms with Crippen LogP contribution in [-0.4, -0.2) is 33.2 Å². The average Bonchev–Trinajstić information content (AvgIpc) is 3.07. The van der Waals surface area contributed by atoms with Crippen molar-refractivity contribution >= 4 is 17.5 Å². The van der Waals surface area contributed by atoms with E-state index in [0.717, 1.165) is 17.1 Å². The van der Waals surface area contributed by atoms with Crippen LogP contribution < -0.4 is 15.0 Å². The number of amides is 1. The fraction of sp³-hybridized carbons (Fsp3) is 0.421. The molecule has 2 rings (SSSR count). The summed E-state index contributed by atoms with van der Waals surface area (Å²) in [4.78, 5) is 13.2. The lowest BCUT2D eigenvalue weighted by atomic mass is 10.2. The Labute approximate surface area is 153 Å². The second-order valence-electron chi connectivity index (χ2n) is 6.31. The van der Waals surface area contributed by atoms with Crippen LogP contribution in [0.25, 0.3) is 0 Å². The standard InChI is InChI=1S/C19H25ClN2O3/c1-14-12-15(20)8-9-17(14)24-11-5-7-19(23)21-13-16(22(2)3)18-6-4-10-25-18/h4,6,8-10,12,16H,5,7,11,13H2,1-3H3,(H,21,23)/p+1/t16-/m1/s1. The van der Waals surface area contributed by atoms with Gasteiger partial charge in [0.15, 0.2) is 11.8 Å². The van der Waals surface area contributed by atoms with Gasteiger partial charge in [-0.25, -0.2) is 0 Å². The zero-order valence-electron chi connectivity index (χ0n) is 15.0. The van der Waals surface area contributed by atoms with Gasteiger partial charge in [0, 0.05) is 11.4 Å². The van der Waals surface area contributed by atoms with Crippen LogP contribution in [0.4, 0.5) is 0 Å². The Kier molecular flexibility index (Phi) is 7.34. The molecule has 1 atom stereocenters. The van der Waals surface area contributed by atoms with Gasteiger partial charge in [-0.3, -0.25) is 4.79 Å². The molecule has 0 aliphatic rings. The van der Waals surface area contributed by atoms with Crippen molar-refractivity contribution in [3.05, 3.63) is 52.9 Å². The molecule has 5 nitrogen and oxygen atoms in total.